The maximum Gasteiger partial charge on any atom is 0.241 e. The molecule has 1 N–H and O–H groups in total. The number of hydrogen-bond donors (Lipinski definition) is 1. The van der Waals surface area contributed by atoms with E-state index in [1.54, 1.807) is 74.9 Å². The Bertz CT molecular complexity index is 2160. The smallest absolute Gasteiger partial charge is 0.241 e. The van der Waals surface area contributed by atoms with Gasteiger partial charge in [-0.15, -0.1) is 0 Å². The van der Waals surface area contributed by atoms with Gasteiger partial charge in [0.25, 0.3) is 0 Å². The Labute approximate surface area is 301 Å². The highest BCUT2D eigenvalue weighted by Crippen LogP contribution is 2.63. The van der Waals surface area contributed by atoms with Gasteiger partial charge in [-0.2, -0.15) is 0 Å². The maximum atomic E-state index is 14.5. The maximum absolute atomic E-state index is 14.5. The number of phenolic OH excluding ortho intramolecular Hbond substituents is 1. The third-order valence-corrected chi connectivity index (χ3v) is 11.6. The lowest BCUT2D eigenvalue weighted by Crippen LogP contribution is -2.48. The van der Waals surface area contributed by atoms with E-state index in [4.69, 9.17) is 9.47 Å². The number of carbonyl (C=O) groups is 4. The van der Waals surface area contributed by atoms with Crippen molar-refractivity contribution in [3.8, 4) is 17.2 Å². The van der Waals surface area contributed by atoms with E-state index < -0.39 is 35.0 Å². The van der Waals surface area contributed by atoms with Crippen molar-refractivity contribution in [1.82, 2.24) is 0 Å². The first-order valence-electron chi connectivity index (χ1n) is 17.5. The van der Waals surface area contributed by atoms with Crippen LogP contribution in [-0.4, -0.2) is 43.0 Å². The molecule has 6 unspecified atom stereocenters. The van der Waals surface area contributed by atoms with Crippen LogP contribution >= 0.6 is 0 Å². The van der Waals surface area contributed by atoms with Gasteiger partial charge in [-0.25, -0.2) is 4.90 Å². The molecule has 6 atom stereocenters. The molecule has 4 aromatic rings. The molecule has 4 aliphatic rings. The number of rotatable bonds is 7. The summed E-state index contributed by atoms with van der Waals surface area (Å²) in [6.07, 6.45) is 6.49. The van der Waals surface area contributed by atoms with Crippen molar-refractivity contribution in [2.24, 2.45) is 29.1 Å². The van der Waals surface area contributed by atoms with Crippen molar-refractivity contribution in [3.63, 3.8) is 0 Å². The number of ether oxygens (including phenoxy) is 2. The summed E-state index contributed by atoms with van der Waals surface area (Å²) in [6, 6.07) is 28.5. The molecular weight excluding hydrogens is 656 g/mol. The molecule has 2 aliphatic carbocycles. The van der Waals surface area contributed by atoms with Crippen LogP contribution in [-0.2, 0) is 19.2 Å². The van der Waals surface area contributed by atoms with Gasteiger partial charge in [0.1, 0.15) is 17.2 Å². The number of amides is 4. The van der Waals surface area contributed by atoms with Crippen LogP contribution in [0.4, 0.5) is 11.4 Å². The quantitative estimate of drug-likeness (QED) is 0.126. The summed E-state index contributed by atoms with van der Waals surface area (Å²) < 4.78 is 10.8. The van der Waals surface area contributed by atoms with Gasteiger partial charge in [0.15, 0.2) is 0 Å². The number of hydrogen-bond acceptors (Lipinski definition) is 7. The Morgan fingerprint density at radius 2 is 1.46 bits per heavy atom. The van der Waals surface area contributed by atoms with E-state index in [9.17, 15) is 24.3 Å². The SMILES string of the molecule is COc1ccc(OC)c(C=Cc2ccc(N3C(=O)C4CC=C5C(CC6C(=O)N(c7ccccc7)C(=O)C6(C)C5c5ccc(O)cc5)C4C3=O)cc2)c1. The zero-order valence-electron chi connectivity index (χ0n) is 29.1. The Balaban J connectivity index is 1.12. The van der Waals surface area contributed by atoms with Gasteiger partial charge in [-0.05, 0) is 91.4 Å². The summed E-state index contributed by atoms with van der Waals surface area (Å²) in [4.78, 5) is 59.9. The molecule has 4 aromatic carbocycles. The number of para-hydroxylation sites is 1. The van der Waals surface area contributed by atoms with Crippen LogP contribution in [0.25, 0.3) is 12.2 Å². The summed E-state index contributed by atoms with van der Waals surface area (Å²) >= 11 is 0. The van der Waals surface area contributed by atoms with E-state index in [2.05, 4.69) is 0 Å². The molecule has 0 spiro atoms. The number of methoxy groups -OCH3 is 2. The Morgan fingerprint density at radius 1 is 0.750 bits per heavy atom. The van der Waals surface area contributed by atoms with Gasteiger partial charge in [0.2, 0.25) is 23.6 Å². The van der Waals surface area contributed by atoms with E-state index in [1.807, 2.05) is 61.5 Å². The second kappa shape index (κ2) is 12.7. The Hall–Kier alpha value is -5.96. The van der Waals surface area contributed by atoms with Crippen LogP contribution in [0.15, 0.2) is 109 Å². The Kier molecular flexibility index (Phi) is 8.09. The Morgan fingerprint density at radius 3 is 2.15 bits per heavy atom. The van der Waals surface area contributed by atoms with E-state index in [-0.39, 0.29) is 35.8 Å². The lowest BCUT2D eigenvalue weighted by molar-refractivity contribution is -0.131. The second-order valence-electron chi connectivity index (χ2n) is 14.1. The van der Waals surface area contributed by atoms with Crippen LogP contribution in [0.2, 0.25) is 0 Å². The molecule has 2 saturated heterocycles. The van der Waals surface area contributed by atoms with Crippen molar-refractivity contribution >= 4 is 47.2 Å². The van der Waals surface area contributed by atoms with Crippen molar-refractivity contribution in [3.05, 3.63) is 125 Å². The first-order valence-corrected chi connectivity index (χ1v) is 17.5. The molecule has 0 radical (unpaired) electrons. The number of fused-ring (bicyclic) bond motifs is 4. The molecule has 262 valence electrons. The number of aromatic hydroxyl groups is 1. The average Bonchev–Trinajstić information content (AvgIpc) is 3.54. The molecule has 8 rings (SSSR count). The standard InChI is InChI=1S/C43H38N2O7/c1-43-35(40(48)45(42(43)50)28-7-5-4-6-8-28)24-34-32(38(43)26-13-17-30(46)18-14-26)20-21-33-37(34)41(49)44(39(33)47)29-15-10-25(11-16-29)9-12-27-23-31(51-2)19-22-36(27)52-3/h4-20,22-23,33-35,37-38,46H,21,24H2,1-3H3. The third kappa shape index (κ3) is 5.05. The lowest BCUT2D eigenvalue weighted by atomic mass is 9.51. The van der Waals surface area contributed by atoms with Gasteiger partial charge in [-0.1, -0.05) is 66.3 Å². The van der Waals surface area contributed by atoms with E-state index in [0.717, 1.165) is 22.3 Å². The fourth-order valence-electron chi connectivity index (χ4n) is 9.03. The van der Waals surface area contributed by atoms with Crippen molar-refractivity contribution in [2.45, 2.75) is 25.7 Å². The van der Waals surface area contributed by atoms with Crippen molar-refractivity contribution in [2.75, 3.05) is 24.0 Å². The van der Waals surface area contributed by atoms with Gasteiger partial charge < -0.3 is 14.6 Å². The molecular formula is C43H38N2O7. The molecule has 0 aromatic heterocycles. The number of anilines is 2. The van der Waals surface area contributed by atoms with E-state index in [1.165, 1.54) is 9.80 Å². The number of allylic oxidation sites excluding steroid dienone is 2. The summed E-state index contributed by atoms with van der Waals surface area (Å²) in [6.45, 7) is 1.86. The largest absolute Gasteiger partial charge is 0.508 e. The highest BCUT2D eigenvalue weighted by Gasteiger charge is 2.67. The van der Waals surface area contributed by atoms with Gasteiger partial charge in [-0.3, -0.25) is 24.1 Å². The number of carbonyl (C=O) groups excluding carboxylic acids is 4. The number of imide groups is 2. The minimum absolute atomic E-state index is 0.0870. The van der Waals surface area contributed by atoms with Crippen LogP contribution in [0, 0.1) is 29.1 Å². The molecule has 4 amide bonds. The van der Waals surface area contributed by atoms with E-state index in [0.29, 0.717) is 29.3 Å². The monoisotopic (exact) mass is 694 g/mol. The summed E-state index contributed by atoms with van der Waals surface area (Å²) in [5, 5.41) is 10.1. The minimum Gasteiger partial charge on any atom is -0.508 e. The minimum atomic E-state index is -1.14. The fourth-order valence-corrected chi connectivity index (χ4v) is 9.03. The fraction of sp³-hybridized carbons (Fsp3) is 0.256. The highest BCUT2D eigenvalue weighted by atomic mass is 16.5. The van der Waals surface area contributed by atoms with Crippen LogP contribution in [0.3, 0.4) is 0 Å². The predicted molar refractivity (Wildman–Crippen MR) is 197 cm³/mol. The molecule has 9 nitrogen and oxygen atoms in total. The molecule has 52 heavy (non-hydrogen) atoms. The molecule has 9 heteroatoms. The molecule has 0 bridgehead atoms. The zero-order valence-corrected chi connectivity index (χ0v) is 29.1. The number of phenols is 1. The first-order chi connectivity index (χ1) is 25.1. The average molecular weight is 695 g/mol. The molecule has 2 heterocycles. The summed E-state index contributed by atoms with van der Waals surface area (Å²) in [5.41, 5.74) is 3.24. The van der Waals surface area contributed by atoms with Gasteiger partial charge >= 0.3 is 0 Å². The summed E-state index contributed by atoms with van der Waals surface area (Å²) in [7, 11) is 3.22. The first kappa shape index (κ1) is 33.2. The highest BCUT2D eigenvalue weighted by molar-refractivity contribution is 6.25. The van der Waals surface area contributed by atoms with Crippen LogP contribution in [0.5, 0.6) is 17.2 Å². The predicted octanol–water partition coefficient (Wildman–Crippen LogP) is 7.02. The van der Waals surface area contributed by atoms with Crippen LogP contribution in [0.1, 0.15) is 42.4 Å². The topological polar surface area (TPSA) is 113 Å². The van der Waals surface area contributed by atoms with Crippen molar-refractivity contribution < 1.29 is 33.8 Å². The van der Waals surface area contributed by atoms with Gasteiger partial charge in [0, 0.05) is 11.5 Å². The zero-order chi connectivity index (χ0) is 36.3. The summed E-state index contributed by atoms with van der Waals surface area (Å²) in [5.74, 6) is -2.58. The molecule has 3 fully saturated rings. The molecule has 1 saturated carbocycles. The van der Waals surface area contributed by atoms with Crippen molar-refractivity contribution in [1.29, 1.82) is 0 Å². The van der Waals surface area contributed by atoms with Crippen LogP contribution < -0.4 is 19.3 Å². The normalized spacial score (nSPS) is 26.7. The molecule has 2 aliphatic heterocycles. The van der Waals surface area contributed by atoms with Gasteiger partial charge in [0.05, 0.1) is 48.8 Å². The van der Waals surface area contributed by atoms with E-state index >= 15 is 0 Å². The third-order valence-electron chi connectivity index (χ3n) is 11.6. The second-order valence-corrected chi connectivity index (χ2v) is 14.1. The number of benzene rings is 4. The lowest BCUT2D eigenvalue weighted by Gasteiger charge is -2.49. The number of nitrogens with zero attached hydrogens (tertiary/aromatic N) is 2.